The SMILES string of the molecule is CC(C)C(C)NC(=O)Nc1cc(C(N)=O)ccc1N1CCCCC1. The van der Waals surface area contributed by atoms with Crippen molar-refractivity contribution in [2.75, 3.05) is 23.3 Å². The third-order valence-electron chi connectivity index (χ3n) is 4.58. The number of hydrogen-bond donors (Lipinski definition) is 3. The second-order valence-corrected chi connectivity index (χ2v) is 6.78. The van der Waals surface area contributed by atoms with E-state index in [2.05, 4.69) is 29.4 Å². The topological polar surface area (TPSA) is 87.5 Å². The van der Waals surface area contributed by atoms with Gasteiger partial charge in [0.15, 0.2) is 0 Å². The van der Waals surface area contributed by atoms with Crippen LogP contribution in [-0.4, -0.2) is 31.1 Å². The summed E-state index contributed by atoms with van der Waals surface area (Å²) < 4.78 is 0. The first-order chi connectivity index (χ1) is 11.4. The van der Waals surface area contributed by atoms with Crippen LogP contribution in [0, 0.1) is 5.92 Å². The number of nitrogens with zero attached hydrogens (tertiary/aromatic N) is 1. The second kappa shape index (κ2) is 8.04. The Hall–Kier alpha value is -2.24. The third kappa shape index (κ3) is 4.63. The molecule has 0 spiro atoms. The Kier molecular flexibility index (Phi) is 6.06. The van der Waals surface area contributed by atoms with Crippen LogP contribution in [0.1, 0.15) is 50.4 Å². The molecule has 1 saturated heterocycles. The van der Waals surface area contributed by atoms with E-state index < -0.39 is 5.91 Å². The molecule has 1 atom stereocenters. The average Bonchev–Trinajstić information content (AvgIpc) is 2.55. The van der Waals surface area contributed by atoms with Crippen LogP contribution in [0.15, 0.2) is 18.2 Å². The second-order valence-electron chi connectivity index (χ2n) is 6.78. The minimum atomic E-state index is -0.501. The van der Waals surface area contributed by atoms with E-state index in [1.54, 1.807) is 12.1 Å². The van der Waals surface area contributed by atoms with E-state index in [0.717, 1.165) is 31.6 Å². The number of amides is 3. The predicted octanol–water partition coefficient (Wildman–Crippen LogP) is 2.94. The van der Waals surface area contributed by atoms with E-state index in [1.807, 2.05) is 13.0 Å². The first-order valence-electron chi connectivity index (χ1n) is 8.65. The molecule has 1 unspecified atom stereocenters. The van der Waals surface area contributed by atoms with Crippen molar-refractivity contribution in [3.8, 4) is 0 Å². The fourth-order valence-electron chi connectivity index (χ4n) is 2.73. The lowest BCUT2D eigenvalue weighted by Gasteiger charge is -2.31. The van der Waals surface area contributed by atoms with Gasteiger partial charge in [-0.25, -0.2) is 4.79 Å². The van der Waals surface area contributed by atoms with Crippen LogP contribution in [0.25, 0.3) is 0 Å². The number of anilines is 2. The molecule has 0 bridgehead atoms. The number of nitrogens with two attached hydrogens (primary N) is 1. The molecule has 6 nitrogen and oxygen atoms in total. The summed E-state index contributed by atoms with van der Waals surface area (Å²) in [5.74, 6) is -0.159. The first kappa shape index (κ1) is 18.1. The Labute approximate surface area is 143 Å². The highest BCUT2D eigenvalue weighted by Gasteiger charge is 2.18. The zero-order valence-corrected chi connectivity index (χ0v) is 14.8. The minimum Gasteiger partial charge on any atom is -0.370 e. The number of carbonyl (C=O) groups is 2. The van der Waals surface area contributed by atoms with Gasteiger partial charge in [-0.1, -0.05) is 13.8 Å². The maximum atomic E-state index is 12.3. The van der Waals surface area contributed by atoms with Crippen LogP contribution in [-0.2, 0) is 0 Å². The van der Waals surface area contributed by atoms with E-state index in [-0.39, 0.29) is 12.1 Å². The lowest BCUT2D eigenvalue weighted by molar-refractivity contribution is 0.100. The fourth-order valence-corrected chi connectivity index (χ4v) is 2.73. The molecule has 0 radical (unpaired) electrons. The highest BCUT2D eigenvalue weighted by molar-refractivity contribution is 5.99. The average molecular weight is 332 g/mol. The molecule has 6 heteroatoms. The number of benzene rings is 1. The van der Waals surface area contributed by atoms with Crippen molar-refractivity contribution >= 4 is 23.3 Å². The Bertz CT molecular complexity index is 595. The van der Waals surface area contributed by atoms with Crippen LogP contribution in [0.3, 0.4) is 0 Å². The smallest absolute Gasteiger partial charge is 0.319 e. The molecule has 3 amide bonds. The molecule has 1 fully saturated rings. The molecular formula is C18H28N4O2. The monoisotopic (exact) mass is 332 g/mol. The molecule has 0 aliphatic carbocycles. The molecule has 24 heavy (non-hydrogen) atoms. The van der Waals surface area contributed by atoms with Gasteiger partial charge in [0, 0.05) is 24.7 Å². The number of primary amides is 1. The molecule has 4 N–H and O–H groups in total. The van der Waals surface area contributed by atoms with Crippen LogP contribution in [0.4, 0.5) is 16.2 Å². The van der Waals surface area contributed by atoms with Crippen molar-refractivity contribution in [1.29, 1.82) is 0 Å². The van der Waals surface area contributed by atoms with Crippen molar-refractivity contribution in [2.24, 2.45) is 11.7 Å². The van der Waals surface area contributed by atoms with Gasteiger partial charge in [-0.05, 0) is 50.3 Å². The maximum Gasteiger partial charge on any atom is 0.319 e. The Balaban J connectivity index is 2.22. The van der Waals surface area contributed by atoms with Crippen molar-refractivity contribution < 1.29 is 9.59 Å². The van der Waals surface area contributed by atoms with E-state index in [1.165, 1.54) is 6.42 Å². The number of rotatable bonds is 5. The Morgan fingerprint density at radius 3 is 2.38 bits per heavy atom. The van der Waals surface area contributed by atoms with E-state index in [0.29, 0.717) is 17.2 Å². The van der Waals surface area contributed by atoms with Gasteiger partial charge in [-0.15, -0.1) is 0 Å². The lowest BCUT2D eigenvalue weighted by atomic mass is 10.1. The molecule has 1 aliphatic heterocycles. The van der Waals surface area contributed by atoms with Crippen molar-refractivity contribution in [3.05, 3.63) is 23.8 Å². The summed E-state index contributed by atoms with van der Waals surface area (Å²) in [6.45, 7) is 7.98. The summed E-state index contributed by atoms with van der Waals surface area (Å²) >= 11 is 0. The maximum absolute atomic E-state index is 12.3. The van der Waals surface area contributed by atoms with E-state index in [9.17, 15) is 9.59 Å². The van der Waals surface area contributed by atoms with Gasteiger partial charge >= 0.3 is 6.03 Å². The van der Waals surface area contributed by atoms with Crippen molar-refractivity contribution in [2.45, 2.75) is 46.1 Å². The lowest BCUT2D eigenvalue weighted by Crippen LogP contribution is -2.39. The zero-order chi connectivity index (χ0) is 17.7. The van der Waals surface area contributed by atoms with E-state index in [4.69, 9.17) is 5.73 Å². The summed E-state index contributed by atoms with van der Waals surface area (Å²) in [6.07, 6.45) is 3.49. The predicted molar refractivity (Wildman–Crippen MR) is 97.5 cm³/mol. The van der Waals surface area contributed by atoms with Crippen molar-refractivity contribution in [3.63, 3.8) is 0 Å². The number of nitrogens with one attached hydrogen (secondary N) is 2. The van der Waals surface area contributed by atoms with Gasteiger partial charge in [0.25, 0.3) is 0 Å². The molecule has 1 heterocycles. The first-order valence-corrected chi connectivity index (χ1v) is 8.65. The van der Waals surface area contributed by atoms with Gasteiger partial charge in [0.2, 0.25) is 5.91 Å². The van der Waals surface area contributed by atoms with Gasteiger partial charge in [-0.2, -0.15) is 0 Å². The molecular weight excluding hydrogens is 304 g/mol. The van der Waals surface area contributed by atoms with Gasteiger partial charge in [0.05, 0.1) is 11.4 Å². The Morgan fingerprint density at radius 2 is 1.79 bits per heavy atom. The van der Waals surface area contributed by atoms with Crippen LogP contribution >= 0.6 is 0 Å². The molecule has 1 aliphatic rings. The molecule has 0 aromatic heterocycles. The van der Waals surface area contributed by atoms with Gasteiger partial charge in [-0.3, -0.25) is 4.79 Å². The normalized spacial score (nSPS) is 15.9. The number of urea groups is 1. The summed E-state index contributed by atoms with van der Waals surface area (Å²) in [5.41, 5.74) is 7.34. The number of hydrogen-bond acceptors (Lipinski definition) is 3. The summed E-state index contributed by atoms with van der Waals surface area (Å²) in [7, 11) is 0. The largest absolute Gasteiger partial charge is 0.370 e. The minimum absolute atomic E-state index is 0.0581. The Morgan fingerprint density at radius 1 is 1.12 bits per heavy atom. The van der Waals surface area contributed by atoms with Crippen molar-refractivity contribution in [1.82, 2.24) is 5.32 Å². The van der Waals surface area contributed by atoms with Gasteiger partial charge < -0.3 is 21.3 Å². The standard InChI is InChI=1S/C18H28N4O2/c1-12(2)13(3)20-18(24)21-15-11-14(17(19)23)7-8-16(15)22-9-5-4-6-10-22/h7-8,11-13H,4-6,9-10H2,1-3H3,(H2,19,23)(H2,20,21,24). The highest BCUT2D eigenvalue weighted by Crippen LogP contribution is 2.29. The molecule has 1 aromatic carbocycles. The highest BCUT2D eigenvalue weighted by atomic mass is 16.2. The number of carbonyl (C=O) groups excluding carboxylic acids is 2. The quantitative estimate of drug-likeness (QED) is 0.774. The molecule has 1 aromatic rings. The number of piperidine rings is 1. The molecule has 0 saturated carbocycles. The van der Waals surface area contributed by atoms with Crippen LogP contribution < -0.4 is 21.3 Å². The third-order valence-corrected chi connectivity index (χ3v) is 4.58. The zero-order valence-electron chi connectivity index (χ0n) is 14.8. The molecule has 132 valence electrons. The summed E-state index contributed by atoms with van der Waals surface area (Å²) in [5, 5.41) is 5.81. The summed E-state index contributed by atoms with van der Waals surface area (Å²) in [4.78, 5) is 26.0. The van der Waals surface area contributed by atoms with Crippen LogP contribution in [0.5, 0.6) is 0 Å². The van der Waals surface area contributed by atoms with Gasteiger partial charge in [0.1, 0.15) is 0 Å². The molecule has 2 rings (SSSR count). The summed E-state index contributed by atoms with van der Waals surface area (Å²) in [6, 6.07) is 5.03. The van der Waals surface area contributed by atoms with E-state index >= 15 is 0 Å². The fraction of sp³-hybridized carbons (Fsp3) is 0.556. The van der Waals surface area contributed by atoms with Crippen LogP contribution in [0.2, 0.25) is 0 Å².